The van der Waals surface area contributed by atoms with Crippen molar-refractivity contribution in [3.05, 3.63) is 77.6 Å². The average Bonchev–Trinajstić information content (AvgIpc) is 3.27. The molecule has 10 heteroatoms. The van der Waals surface area contributed by atoms with Gasteiger partial charge in [0, 0.05) is 18.3 Å². The number of nitrogens with zero attached hydrogens (tertiary/aromatic N) is 1. The number of ether oxygens (including phenoxy) is 1. The fraction of sp³-hybridized carbons (Fsp3) is 0.304. The molecule has 1 amide bonds. The number of carbonyl (C=O) groups excluding carboxylic acids is 1. The summed E-state index contributed by atoms with van der Waals surface area (Å²) in [6.45, 7) is 2.40. The van der Waals surface area contributed by atoms with Crippen LogP contribution in [0.2, 0.25) is 0 Å². The van der Waals surface area contributed by atoms with E-state index in [2.05, 4.69) is 20.0 Å². The third-order valence-electron chi connectivity index (χ3n) is 5.01. The fourth-order valence-corrected chi connectivity index (χ4v) is 3.69. The fourth-order valence-electron chi connectivity index (χ4n) is 3.26. The molecule has 3 aromatic rings. The van der Waals surface area contributed by atoms with Crippen molar-refractivity contribution in [2.24, 2.45) is 5.14 Å². The summed E-state index contributed by atoms with van der Waals surface area (Å²) in [7, 11) is -3.72. The van der Waals surface area contributed by atoms with Gasteiger partial charge >= 0.3 is 6.09 Å². The number of benzene rings is 2. The van der Waals surface area contributed by atoms with Crippen LogP contribution in [0, 0.1) is 6.92 Å². The molecular formula is C23H29N5O4S. The number of nitrogens with two attached hydrogens (primary N) is 1. The van der Waals surface area contributed by atoms with Crippen molar-refractivity contribution in [2.45, 2.75) is 38.8 Å². The van der Waals surface area contributed by atoms with E-state index in [0.717, 1.165) is 16.7 Å². The second-order valence-electron chi connectivity index (χ2n) is 7.73. The van der Waals surface area contributed by atoms with E-state index in [1.165, 1.54) is 0 Å². The van der Waals surface area contributed by atoms with Crippen molar-refractivity contribution in [1.29, 1.82) is 0 Å². The van der Waals surface area contributed by atoms with E-state index in [0.29, 0.717) is 30.8 Å². The standard InChI is InChI=1S/C23H29N5O4S/c1-17-10-12-19(13-11-17)22-25-15-21(27-22)20(9-5-6-14-26-33(24,30)31)28-23(29)32-16-18-7-3-2-4-8-18/h2-4,7-8,10-13,15,20,26H,5-6,9,14,16H2,1H3,(H,25,27)(H,28,29)(H2,24,30,31)/t20-/m0/s1. The number of aromatic nitrogens is 2. The molecule has 0 radical (unpaired) electrons. The Labute approximate surface area is 194 Å². The number of H-pyrrole nitrogens is 1. The van der Waals surface area contributed by atoms with Gasteiger partial charge in [-0.2, -0.15) is 8.42 Å². The molecule has 0 aliphatic rings. The number of aryl methyl sites for hydroxylation is 1. The minimum absolute atomic E-state index is 0.160. The van der Waals surface area contributed by atoms with Crippen LogP contribution in [0.3, 0.4) is 0 Å². The van der Waals surface area contributed by atoms with Gasteiger partial charge in [-0.05, 0) is 31.7 Å². The Morgan fingerprint density at radius 3 is 2.55 bits per heavy atom. The number of unbranched alkanes of at least 4 members (excludes halogenated alkanes) is 1. The molecule has 5 N–H and O–H groups in total. The monoisotopic (exact) mass is 471 g/mol. The van der Waals surface area contributed by atoms with Gasteiger partial charge in [0.25, 0.3) is 10.2 Å². The molecule has 0 unspecified atom stereocenters. The van der Waals surface area contributed by atoms with E-state index < -0.39 is 22.3 Å². The van der Waals surface area contributed by atoms with E-state index >= 15 is 0 Å². The maximum atomic E-state index is 12.5. The highest BCUT2D eigenvalue weighted by atomic mass is 32.2. The number of imidazole rings is 1. The quantitative estimate of drug-likeness (QED) is 0.318. The zero-order valence-corrected chi connectivity index (χ0v) is 19.3. The van der Waals surface area contributed by atoms with Crippen molar-refractivity contribution < 1.29 is 17.9 Å². The van der Waals surface area contributed by atoms with E-state index in [9.17, 15) is 13.2 Å². The van der Waals surface area contributed by atoms with Crippen LogP contribution in [0.15, 0.2) is 60.8 Å². The smallest absolute Gasteiger partial charge is 0.408 e. The van der Waals surface area contributed by atoms with Crippen LogP contribution >= 0.6 is 0 Å². The minimum Gasteiger partial charge on any atom is -0.445 e. The molecule has 9 nitrogen and oxygen atoms in total. The maximum absolute atomic E-state index is 12.5. The highest BCUT2D eigenvalue weighted by molar-refractivity contribution is 7.87. The lowest BCUT2D eigenvalue weighted by Gasteiger charge is -2.17. The Morgan fingerprint density at radius 1 is 1.12 bits per heavy atom. The number of aromatic amines is 1. The molecule has 0 saturated heterocycles. The van der Waals surface area contributed by atoms with E-state index in [-0.39, 0.29) is 13.2 Å². The van der Waals surface area contributed by atoms with Crippen LogP contribution in [0.1, 0.15) is 42.1 Å². The number of amides is 1. The number of carbonyl (C=O) groups is 1. The third-order valence-corrected chi connectivity index (χ3v) is 5.61. The Balaban J connectivity index is 1.64. The SMILES string of the molecule is Cc1ccc(-c2nc([C@H](CCCCNS(N)(=O)=O)NC(=O)OCc3ccccc3)c[nH]2)cc1. The molecule has 3 rings (SSSR count). The van der Waals surface area contributed by atoms with Crippen molar-refractivity contribution in [2.75, 3.05) is 6.54 Å². The van der Waals surface area contributed by atoms with Gasteiger partial charge in [-0.1, -0.05) is 60.2 Å². The second-order valence-corrected chi connectivity index (χ2v) is 9.11. The lowest BCUT2D eigenvalue weighted by molar-refractivity contribution is 0.134. The van der Waals surface area contributed by atoms with Gasteiger partial charge in [0.05, 0.1) is 11.7 Å². The molecule has 0 aliphatic heterocycles. The van der Waals surface area contributed by atoms with Gasteiger partial charge in [0.2, 0.25) is 0 Å². The summed E-state index contributed by atoms with van der Waals surface area (Å²) in [6.07, 6.45) is 2.96. The first-order chi connectivity index (χ1) is 15.8. The van der Waals surface area contributed by atoms with Crippen LogP contribution < -0.4 is 15.2 Å². The van der Waals surface area contributed by atoms with Crippen molar-refractivity contribution in [1.82, 2.24) is 20.0 Å². The molecule has 0 bridgehead atoms. The predicted octanol–water partition coefficient (Wildman–Crippen LogP) is 3.32. The number of rotatable bonds is 11. The van der Waals surface area contributed by atoms with E-state index in [4.69, 9.17) is 9.88 Å². The van der Waals surface area contributed by atoms with Crippen molar-refractivity contribution in [3.63, 3.8) is 0 Å². The third kappa shape index (κ3) is 8.33. The van der Waals surface area contributed by atoms with Gasteiger partial charge in [-0.15, -0.1) is 0 Å². The molecule has 0 fully saturated rings. The largest absolute Gasteiger partial charge is 0.445 e. The van der Waals surface area contributed by atoms with Gasteiger partial charge in [0.1, 0.15) is 12.4 Å². The molecule has 0 aliphatic carbocycles. The topological polar surface area (TPSA) is 139 Å². The first-order valence-corrected chi connectivity index (χ1v) is 12.2. The highest BCUT2D eigenvalue weighted by Crippen LogP contribution is 2.22. The van der Waals surface area contributed by atoms with Crippen LogP contribution in [-0.2, 0) is 21.6 Å². The molecule has 176 valence electrons. The molecule has 2 aromatic carbocycles. The van der Waals surface area contributed by atoms with Crippen LogP contribution in [0.5, 0.6) is 0 Å². The Hall–Kier alpha value is -3.21. The first kappa shape index (κ1) is 24.4. The highest BCUT2D eigenvalue weighted by Gasteiger charge is 2.19. The van der Waals surface area contributed by atoms with Crippen LogP contribution in [0.4, 0.5) is 4.79 Å². The Morgan fingerprint density at radius 2 is 1.85 bits per heavy atom. The summed E-state index contributed by atoms with van der Waals surface area (Å²) in [5, 5.41) is 7.83. The Bertz CT molecular complexity index is 1130. The molecule has 0 spiro atoms. The summed E-state index contributed by atoms with van der Waals surface area (Å²) in [6, 6.07) is 17.0. The first-order valence-electron chi connectivity index (χ1n) is 10.7. The number of alkyl carbamates (subject to hydrolysis) is 1. The van der Waals surface area contributed by atoms with Gasteiger partial charge in [0.15, 0.2) is 0 Å². The Kier molecular flexibility index (Phi) is 8.58. The summed E-state index contributed by atoms with van der Waals surface area (Å²) in [4.78, 5) is 20.3. The van der Waals surface area contributed by atoms with Crippen molar-refractivity contribution >= 4 is 16.3 Å². The molecule has 1 atom stereocenters. The molecular weight excluding hydrogens is 442 g/mol. The number of nitrogens with one attached hydrogen (secondary N) is 3. The zero-order valence-electron chi connectivity index (χ0n) is 18.5. The second kappa shape index (κ2) is 11.6. The molecule has 1 aromatic heterocycles. The maximum Gasteiger partial charge on any atom is 0.408 e. The normalized spacial score (nSPS) is 12.3. The average molecular weight is 472 g/mol. The van der Waals surface area contributed by atoms with Gasteiger partial charge in [-0.3, -0.25) is 0 Å². The summed E-state index contributed by atoms with van der Waals surface area (Å²) in [5.74, 6) is 0.699. The zero-order chi connectivity index (χ0) is 23.7. The number of hydrogen-bond donors (Lipinski definition) is 4. The molecule has 0 saturated carbocycles. The molecule has 33 heavy (non-hydrogen) atoms. The van der Waals surface area contributed by atoms with Crippen molar-refractivity contribution in [3.8, 4) is 11.4 Å². The summed E-state index contributed by atoms with van der Waals surface area (Å²) >= 11 is 0. The summed E-state index contributed by atoms with van der Waals surface area (Å²) < 4.78 is 29.7. The van der Waals surface area contributed by atoms with Crippen LogP contribution in [-0.4, -0.2) is 31.0 Å². The van der Waals surface area contributed by atoms with E-state index in [1.54, 1.807) is 6.20 Å². The summed E-state index contributed by atoms with van der Waals surface area (Å²) in [5.41, 5.74) is 3.65. The molecule has 1 heterocycles. The van der Waals surface area contributed by atoms with Gasteiger partial charge < -0.3 is 15.0 Å². The lowest BCUT2D eigenvalue weighted by Crippen LogP contribution is -2.32. The van der Waals surface area contributed by atoms with E-state index in [1.807, 2.05) is 61.5 Å². The van der Waals surface area contributed by atoms with Crippen LogP contribution in [0.25, 0.3) is 11.4 Å². The lowest BCUT2D eigenvalue weighted by atomic mass is 10.1. The minimum atomic E-state index is -3.72. The number of hydrogen-bond acceptors (Lipinski definition) is 5. The predicted molar refractivity (Wildman–Crippen MR) is 126 cm³/mol. The van der Waals surface area contributed by atoms with Gasteiger partial charge in [-0.25, -0.2) is 19.6 Å².